The standard InChI is InChI=1S/C9H10F3NO2/c10-9(11,12)15-5-8(13)6-2-1-3-7(14)4-6/h1-4,8,14H,5,13H2. The summed E-state index contributed by atoms with van der Waals surface area (Å²) < 4.78 is 38.6. The van der Waals surface area contributed by atoms with Gasteiger partial charge in [0.25, 0.3) is 0 Å². The molecule has 1 rings (SSSR count). The van der Waals surface area contributed by atoms with E-state index in [-0.39, 0.29) is 5.75 Å². The molecule has 6 heteroatoms. The van der Waals surface area contributed by atoms with Gasteiger partial charge in [-0.15, -0.1) is 13.2 Å². The minimum Gasteiger partial charge on any atom is -0.508 e. The molecule has 3 nitrogen and oxygen atoms in total. The summed E-state index contributed by atoms with van der Waals surface area (Å²) in [6.07, 6.45) is -4.69. The molecule has 1 unspecified atom stereocenters. The lowest BCUT2D eigenvalue weighted by Crippen LogP contribution is -2.23. The van der Waals surface area contributed by atoms with Crippen molar-refractivity contribution in [3.63, 3.8) is 0 Å². The molecule has 0 aliphatic heterocycles. The fourth-order valence-electron chi connectivity index (χ4n) is 1.04. The third kappa shape index (κ3) is 4.18. The first-order valence-electron chi connectivity index (χ1n) is 4.13. The van der Waals surface area contributed by atoms with E-state index >= 15 is 0 Å². The number of rotatable bonds is 3. The summed E-state index contributed by atoms with van der Waals surface area (Å²) in [6, 6.07) is 4.80. The number of alkyl halides is 3. The highest BCUT2D eigenvalue weighted by Gasteiger charge is 2.30. The summed E-state index contributed by atoms with van der Waals surface area (Å²) in [4.78, 5) is 0. The van der Waals surface area contributed by atoms with Crippen molar-refractivity contribution in [3.8, 4) is 5.75 Å². The van der Waals surface area contributed by atoms with Gasteiger partial charge in [0.05, 0.1) is 12.6 Å². The predicted molar refractivity (Wildman–Crippen MR) is 47.0 cm³/mol. The molecular formula is C9H10F3NO2. The monoisotopic (exact) mass is 221 g/mol. The maximum Gasteiger partial charge on any atom is 0.522 e. The lowest BCUT2D eigenvalue weighted by molar-refractivity contribution is -0.326. The van der Waals surface area contributed by atoms with Crippen LogP contribution in [0.25, 0.3) is 0 Å². The van der Waals surface area contributed by atoms with Crippen molar-refractivity contribution in [2.45, 2.75) is 12.4 Å². The van der Waals surface area contributed by atoms with Gasteiger partial charge in [-0.2, -0.15) is 0 Å². The van der Waals surface area contributed by atoms with Crippen LogP contribution in [0.15, 0.2) is 24.3 Å². The fraction of sp³-hybridized carbons (Fsp3) is 0.333. The van der Waals surface area contributed by atoms with Crippen molar-refractivity contribution in [1.29, 1.82) is 0 Å². The van der Waals surface area contributed by atoms with Gasteiger partial charge in [-0.25, -0.2) is 0 Å². The largest absolute Gasteiger partial charge is 0.522 e. The van der Waals surface area contributed by atoms with E-state index in [0.29, 0.717) is 5.56 Å². The van der Waals surface area contributed by atoms with Crippen molar-refractivity contribution in [3.05, 3.63) is 29.8 Å². The number of nitrogens with two attached hydrogens (primary N) is 1. The van der Waals surface area contributed by atoms with E-state index in [9.17, 15) is 13.2 Å². The predicted octanol–water partition coefficient (Wildman–Crippen LogP) is 1.93. The average molecular weight is 221 g/mol. The highest BCUT2D eigenvalue weighted by molar-refractivity contribution is 5.29. The lowest BCUT2D eigenvalue weighted by Gasteiger charge is -2.14. The zero-order chi connectivity index (χ0) is 11.5. The van der Waals surface area contributed by atoms with Crippen LogP contribution in [-0.4, -0.2) is 18.1 Å². The van der Waals surface area contributed by atoms with Gasteiger partial charge in [-0.3, -0.25) is 4.74 Å². The number of hydrogen-bond donors (Lipinski definition) is 2. The quantitative estimate of drug-likeness (QED) is 0.819. The van der Waals surface area contributed by atoms with Gasteiger partial charge in [0.1, 0.15) is 5.75 Å². The normalized spacial score (nSPS) is 13.9. The Labute approximate surface area is 84.3 Å². The van der Waals surface area contributed by atoms with E-state index in [2.05, 4.69) is 4.74 Å². The molecule has 0 bridgehead atoms. The summed E-state index contributed by atoms with van der Waals surface area (Å²) in [7, 11) is 0. The second-order valence-electron chi connectivity index (χ2n) is 2.96. The lowest BCUT2D eigenvalue weighted by atomic mass is 10.1. The van der Waals surface area contributed by atoms with Gasteiger partial charge >= 0.3 is 6.36 Å². The molecule has 0 radical (unpaired) electrons. The van der Waals surface area contributed by atoms with Crippen LogP contribution in [0.5, 0.6) is 5.75 Å². The van der Waals surface area contributed by atoms with Crippen molar-refractivity contribution < 1.29 is 23.0 Å². The first-order valence-corrected chi connectivity index (χ1v) is 4.13. The smallest absolute Gasteiger partial charge is 0.508 e. The van der Waals surface area contributed by atoms with Crippen molar-refractivity contribution in [2.75, 3.05) is 6.61 Å². The zero-order valence-corrected chi connectivity index (χ0v) is 7.66. The summed E-state index contributed by atoms with van der Waals surface area (Å²) in [5.41, 5.74) is 5.82. The number of halogens is 3. The number of phenolic OH excluding ortho intramolecular Hbond substituents is 1. The minimum absolute atomic E-state index is 0.0463. The minimum atomic E-state index is -4.69. The zero-order valence-electron chi connectivity index (χ0n) is 7.66. The number of aromatic hydroxyl groups is 1. The Kier molecular flexibility index (Phi) is 3.54. The van der Waals surface area contributed by atoms with Crippen LogP contribution < -0.4 is 5.73 Å². The summed E-state index contributed by atoms with van der Waals surface area (Å²) in [6.45, 7) is -0.674. The topological polar surface area (TPSA) is 55.5 Å². The van der Waals surface area contributed by atoms with E-state index in [4.69, 9.17) is 10.8 Å². The molecule has 1 aromatic rings. The van der Waals surface area contributed by atoms with E-state index < -0.39 is 19.0 Å². The number of ether oxygens (including phenoxy) is 1. The Morgan fingerprint density at radius 1 is 1.40 bits per heavy atom. The third-order valence-corrected chi connectivity index (χ3v) is 1.72. The van der Waals surface area contributed by atoms with Crippen LogP contribution in [-0.2, 0) is 4.74 Å². The Morgan fingerprint density at radius 2 is 2.07 bits per heavy atom. The van der Waals surface area contributed by atoms with E-state index in [1.807, 2.05) is 0 Å². The Morgan fingerprint density at radius 3 is 2.60 bits per heavy atom. The molecule has 0 saturated heterocycles. The summed E-state index contributed by atoms with van der Waals surface area (Å²) in [5, 5.41) is 9.07. The summed E-state index contributed by atoms with van der Waals surface area (Å²) in [5.74, 6) is -0.0463. The molecule has 15 heavy (non-hydrogen) atoms. The highest BCUT2D eigenvalue weighted by Crippen LogP contribution is 2.21. The molecule has 0 heterocycles. The first kappa shape index (κ1) is 11.8. The maximum atomic E-state index is 11.7. The van der Waals surface area contributed by atoms with Crippen LogP contribution in [0.1, 0.15) is 11.6 Å². The van der Waals surface area contributed by atoms with E-state index in [1.54, 1.807) is 0 Å². The van der Waals surface area contributed by atoms with Crippen LogP contribution >= 0.6 is 0 Å². The molecule has 0 saturated carbocycles. The highest BCUT2D eigenvalue weighted by atomic mass is 19.4. The fourth-order valence-corrected chi connectivity index (χ4v) is 1.04. The Hall–Kier alpha value is -1.27. The second kappa shape index (κ2) is 4.50. The number of phenols is 1. The molecule has 3 N–H and O–H groups in total. The molecule has 0 amide bonds. The molecule has 84 valence electrons. The Bertz CT molecular complexity index is 327. The van der Waals surface area contributed by atoms with Crippen molar-refractivity contribution >= 4 is 0 Å². The van der Waals surface area contributed by atoms with Crippen molar-refractivity contribution in [1.82, 2.24) is 0 Å². The van der Waals surface area contributed by atoms with Gasteiger partial charge in [0.2, 0.25) is 0 Å². The number of hydrogen-bond acceptors (Lipinski definition) is 3. The van der Waals surface area contributed by atoms with E-state index in [0.717, 1.165) is 0 Å². The van der Waals surface area contributed by atoms with Crippen molar-refractivity contribution in [2.24, 2.45) is 5.73 Å². The molecule has 0 fully saturated rings. The van der Waals surface area contributed by atoms with Gasteiger partial charge in [-0.1, -0.05) is 12.1 Å². The molecule has 1 aromatic carbocycles. The molecule has 1 atom stereocenters. The van der Waals surface area contributed by atoms with Gasteiger partial charge in [0.15, 0.2) is 0 Å². The summed E-state index contributed by atoms with van der Waals surface area (Å²) >= 11 is 0. The van der Waals surface area contributed by atoms with Crippen LogP contribution in [0.2, 0.25) is 0 Å². The molecule has 0 aliphatic rings. The first-order chi connectivity index (χ1) is 6.88. The molecule has 0 aromatic heterocycles. The second-order valence-corrected chi connectivity index (χ2v) is 2.96. The molecule has 0 spiro atoms. The van der Waals surface area contributed by atoms with Gasteiger partial charge in [-0.05, 0) is 17.7 Å². The average Bonchev–Trinajstić information content (AvgIpc) is 2.13. The van der Waals surface area contributed by atoms with Crippen LogP contribution in [0, 0.1) is 0 Å². The van der Waals surface area contributed by atoms with Crippen LogP contribution in [0.3, 0.4) is 0 Å². The molecular weight excluding hydrogens is 211 g/mol. The Balaban J connectivity index is 2.58. The van der Waals surface area contributed by atoms with Gasteiger partial charge < -0.3 is 10.8 Å². The SMILES string of the molecule is NC(COC(F)(F)F)c1cccc(O)c1. The van der Waals surface area contributed by atoms with Crippen LogP contribution in [0.4, 0.5) is 13.2 Å². The maximum absolute atomic E-state index is 11.7. The third-order valence-electron chi connectivity index (χ3n) is 1.72. The number of benzene rings is 1. The van der Waals surface area contributed by atoms with Gasteiger partial charge in [0, 0.05) is 0 Å². The molecule has 0 aliphatic carbocycles. The van der Waals surface area contributed by atoms with E-state index in [1.165, 1.54) is 24.3 Å².